The summed E-state index contributed by atoms with van der Waals surface area (Å²) in [6, 6.07) is 32.6. The minimum atomic E-state index is -3.40. The number of benzene rings is 3. The topological polar surface area (TPSA) is 49.4 Å². The number of hydrogen-bond donors (Lipinski definition) is 0. The first-order valence-corrected chi connectivity index (χ1v) is 12.5. The van der Waals surface area contributed by atoms with Gasteiger partial charge in [0.1, 0.15) is 30.8 Å². The summed E-state index contributed by atoms with van der Waals surface area (Å²) in [5.41, 5.74) is 0. The van der Waals surface area contributed by atoms with Crippen LogP contribution in [-0.2, 0) is 9.09 Å². The Morgan fingerprint density at radius 1 is 0.731 bits per heavy atom. The number of rotatable bonds is 4. The second-order valence-corrected chi connectivity index (χ2v) is 11.4. The molecule has 136 valence electrons. The molecule has 0 amide bonds. The highest BCUT2D eigenvalue weighted by Crippen LogP contribution is 2.51. The van der Waals surface area contributed by atoms with Crippen LogP contribution in [0.5, 0.6) is 0 Å². The van der Waals surface area contributed by atoms with Crippen molar-refractivity contribution in [2.75, 3.05) is 20.4 Å². The summed E-state index contributed by atoms with van der Waals surface area (Å²) in [5, 5.41) is 4.28. The lowest BCUT2D eigenvalue weighted by Crippen LogP contribution is -2.30. The molecule has 3 rings (SSSR count). The lowest BCUT2D eigenvalue weighted by Gasteiger charge is -2.22. The molecule has 0 radical (unpaired) electrons. The monoisotopic (exact) mass is 386 g/mol. The quantitative estimate of drug-likeness (QED) is 0.646. The van der Waals surface area contributed by atoms with E-state index in [4.69, 9.17) is 0 Å². The van der Waals surface area contributed by atoms with Gasteiger partial charge < -0.3 is 14.0 Å². The molecular weight excluding hydrogens is 362 g/mol. The Bertz CT molecular complexity index is 734. The molecule has 3 aromatic rings. The van der Waals surface area contributed by atoms with Gasteiger partial charge in [-0.1, -0.05) is 54.6 Å². The van der Waals surface area contributed by atoms with Gasteiger partial charge in [0.25, 0.3) is 0 Å². The van der Waals surface area contributed by atoms with Gasteiger partial charge in [0, 0.05) is 13.8 Å². The van der Waals surface area contributed by atoms with E-state index in [1.807, 2.05) is 0 Å². The van der Waals surface area contributed by atoms with E-state index in [2.05, 4.69) is 102 Å². The Morgan fingerprint density at radius 2 is 0.962 bits per heavy atom. The van der Waals surface area contributed by atoms with Gasteiger partial charge in [-0.05, 0) is 36.4 Å². The molecule has 0 aromatic heterocycles. The van der Waals surface area contributed by atoms with Crippen LogP contribution in [-0.4, -0.2) is 20.4 Å². The Labute approximate surface area is 156 Å². The predicted molar refractivity (Wildman–Crippen MR) is 112 cm³/mol. The molecule has 0 saturated carbocycles. The molecule has 0 bridgehead atoms. The van der Waals surface area contributed by atoms with Crippen LogP contribution >= 0.6 is 14.9 Å². The molecule has 1 atom stereocenters. The standard InChI is InChI=1S/C19H18P.C2H7O3P/c1-20(17-11-5-2-6-12-17,18-13-7-3-8-14-18)19-15-9-4-10-16-19;1-5-6(2,3)4/h2-16H,1H3;1-2H3,(H,3,4)/q+1;/p-1. The van der Waals surface area contributed by atoms with Crippen molar-refractivity contribution in [2.45, 2.75) is 0 Å². The van der Waals surface area contributed by atoms with Crippen LogP contribution in [0.4, 0.5) is 0 Å². The van der Waals surface area contributed by atoms with Gasteiger partial charge in [-0.3, -0.25) is 0 Å². The molecule has 3 nitrogen and oxygen atoms in total. The van der Waals surface area contributed by atoms with Crippen molar-refractivity contribution in [3.8, 4) is 0 Å². The SMILES string of the molecule is COP(C)(=O)[O-].C[P+](c1ccccc1)(c1ccccc1)c1ccccc1. The summed E-state index contributed by atoms with van der Waals surface area (Å²) in [7, 11) is -3.79. The maximum Gasteiger partial charge on any atom is 0.131 e. The van der Waals surface area contributed by atoms with Crippen LogP contribution < -0.4 is 20.8 Å². The molecular formula is C21H24O3P2. The molecule has 0 spiro atoms. The van der Waals surface area contributed by atoms with Crippen LogP contribution in [0.15, 0.2) is 91.0 Å². The van der Waals surface area contributed by atoms with Crippen molar-refractivity contribution in [1.29, 1.82) is 0 Å². The average Bonchev–Trinajstić information content (AvgIpc) is 2.69. The van der Waals surface area contributed by atoms with E-state index in [9.17, 15) is 9.46 Å². The molecule has 1 unspecified atom stereocenters. The van der Waals surface area contributed by atoms with Gasteiger partial charge in [-0.2, -0.15) is 0 Å². The van der Waals surface area contributed by atoms with Crippen molar-refractivity contribution in [2.24, 2.45) is 0 Å². The normalized spacial score (nSPS) is 13.2. The van der Waals surface area contributed by atoms with Crippen molar-refractivity contribution in [1.82, 2.24) is 0 Å². The summed E-state index contributed by atoms with van der Waals surface area (Å²) >= 11 is 0. The minimum Gasteiger partial charge on any atom is -0.779 e. The second-order valence-electron chi connectivity index (χ2n) is 5.97. The summed E-state index contributed by atoms with van der Waals surface area (Å²) in [6.45, 7) is 3.43. The zero-order valence-corrected chi connectivity index (χ0v) is 17.1. The fourth-order valence-electron chi connectivity index (χ4n) is 2.63. The highest BCUT2D eigenvalue weighted by atomic mass is 31.2. The Kier molecular flexibility index (Phi) is 7.32. The second kappa shape index (κ2) is 9.26. The van der Waals surface area contributed by atoms with Crippen molar-refractivity contribution in [3.05, 3.63) is 91.0 Å². The van der Waals surface area contributed by atoms with Crippen LogP contribution in [0.1, 0.15) is 0 Å². The van der Waals surface area contributed by atoms with Gasteiger partial charge in [-0.15, -0.1) is 0 Å². The highest BCUT2D eigenvalue weighted by molar-refractivity contribution is 7.95. The van der Waals surface area contributed by atoms with Gasteiger partial charge >= 0.3 is 0 Å². The van der Waals surface area contributed by atoms with Gasteiger partial charge in [0.05, 0.1) is 6.66 Å². The molecule has 0 aliphatic heterocycles. The Hall–Kier alpha value is -1.76. The van der Waals surface area contributed by atoms with Crippen LogP contribution in [0.25, 0.3) is 0 Å². The zero-order valence-electron chi connectivity index (χ0n) is 15.3. The lowest BCUT2D eigenvalue weighted by molar-refractivity contribution is -0.194. The molecule has 0 fully saturated rings. The van der Waals surface area contributed by atoms with Gasteiger partial charge in [-0.25, -0.2) is 0 Å². The first-order valence-electron chi connectivity index (χ1n) is 8.25. The maximum absolute atomic E-state index is 9.81. The fraction of sp³-hybridized carbons (Fsp3) is 0.143. The van der Waals surface area contributed by atoms with Crippen LogP contribution in [0.3, 0.4) is 0 Å². The van der Waals surface area contributed by atoms with Crippen LogP contribution in [0.2, 0.25) is 0 Å². The molecule has 5 heteroatoms. The van der Waals surface area contributed by atoms with E-state index < -0.39 is 14.9 Å². The predicted octanol–water partition coefficient (Wildman–Crippen LogP) is 3.43. The smallest absolute Gasteiger partial charge is 0.131 e. The maximum atomic E-state index is 9.81. The van der Waals surface area contributed by atoms with E-state index in [1.54, 1.807) is 0 Å². The molecule has 0 saturated heterocycles. The van der Waals surface area contributed by atoms with Crippen molar-refractivity contribution < 1.29 is 14.0 Å². The van der Waals surface area contributed by atoms with E-state index in [0.29, 0.717) is 0 Å². The highest BCUT2D eigenvalue weighted by Gasteiger charge is 2.39. The van der Waals surface area contributed by atoms with E-state index in [1.165, 1.54) is 15.9 Å². The fourth-order valence-corrected chi connectivity index (χ4v) is 5.83. The third-order valence-electron chi connectivity index (χ3n) is 4.15. The summed E-state index contributed by atoms with van der Waals surface area (Å²) in [6.07, 6.45) is 0. The molecule has 0 N–H and O–H groups in total. The lowest BCUT2D eigenvalue weighted by atomic mass is 10.4. The first-order chi connectivity index (χ1) is 12.4. The summed E-state index contributed by atoms with van der Waals surface area (Å²) in [4.78, 5) is 9.81. The van der Waals surface area contributed by atoms with Gasteiger partial charge in [0.2, 0.25) is 0 Å². The summed E-state index contributed by atoms with van der Waals surface area (Å²) < 4.78 is 13.7. The van der Waals surface area contributed by atoms with E-state index in [0.717, 1.165) is 13.8 Å². The largest absolute Gasteiger partial charge is 0.779 e. The first kappa shape index (κ1) is 20.6. The van der Waals surface area contributed by atoms with Crippen LogP contribution in [0, 0.1) is 0 Å². The molecule has 0 aliphatic carbocycles. The summed E-state index contributed by atoms with van der Waals surface area (Å²) in [5.74, 6) is 0. The third kappa shape index (κ3) is 5.37. The van der Waals surface area contributed by atoms with Crippen molar-refractivity contribution in [3.63, 3.8) is 0 Å². The molecule has 26 heavy (non-hydrogen) atoms. The van der Waals surface area contributed by atoms with Gasteiger partial charge in [0.15, 0.2) is 0 Å². The molecule has 0 heterocycles. The van der Waals surface area contributed by atoms with E-state index in [-0.39, 0.29) is 0 Å². The third-order valence-corrected chi connectivity index (χ3v) is 8.81. The molecule has 0 aliphatic rings. The van der Waals surface area contributed by atoms with Crippen molar-refractivity contribution >= 4 is 30.8 Å². The number of hydrogen-bond acceptors (Lipinski definition) is 3. The Balaban J connectivity index is 0.000000352. The molecule has 3 aromatic carbocycles. The minimum absolute atomic E-state index is 1.02. The zero-order chi connectivity index (χ0) is 19.0. The average molecular weight is 386 g/mol. The Morgan fingerprint density at radius 3 is 1.15 bits per heavy atom. The van der Waals surface area contributed by atoms with E-state index >= 15 is 0 Å².